The van der Waals surface area contributed by atoms with Crippen LogP contribution in [-0.2, 0) is 12.6 Å². The molecule has 1 N–H and O–H groups in total. The standard InChI is InChI=1S/C18H23F3N6S.HI/c1-2-22-17(24-8-6-16-25-14(13-28-16)18(19,20)21)27-11-9-26(10-12-27)15-5-3-4-7-23-15;/h3-5,7,13H,2,6,8-12H2,1H3,(H,22,24);1H. The number of piperazine rings is 1. The van der Waals surface area contributed by atoms with E-state index in [0.717, 1.165) is 61.2 Å². The average Bonchev–Trinajstić information content (AvgIpc) is 3.18. The van der Waals surface area contributed by atoms with E-state index in [9.17, 15) is 13.2 Å². The van der Waals surface area contributed by atoms with Gasteiger partial charge >= 0.3 is 6.18 Å². The molecule has 2 aromatic rings. The average molecular weight is 540 g/mol. The first-order chi connectivity index (χ1) is 13.5. The van der Waals surface area contributed by atoms with Gasteiger partial charge in [0.2, 0.25) is 0 Å². The fraction of sp³-hybridized carbons (Fsp3) is 0.500. The molecule has 1 aliphatic heterocycles. The Morgan fingerprint density at radius 1 is 1.24 bits per heavy atom. The highest BCUT2D eigenvalue weighted by atomic mass is 127. The van der Waals surface area contributed by atoms with Gasteiger partial charge in [0, 0.05) is 57.3 Å². The number of thiazole rings is 1. The van der Waals surface area contributed by atoms with Crippen LogP contribution in [0.4, 0.5) is 19.0 Å². The molecule has 6 nitrogen and oxygen atoms in total. The second-order valence-corrected chi connectivity index (χ2v) is 7.21. The van der Waals surface area contributed by atoms with E-state index in [-0.39, 0.29) is 24.0 Å². The molecule has 1 fully saturated rings. The van der Waals surface area contributed by atoms with Crippen LogP contribution in [-0.4, -0.2) is 60.1 Å². The van der Waals surface area contributed by atoms with Crippen LogP contribution in [0.3, 0.4) is 0 Å². The third kappa shape index (κ3) is 6.69. The number of guanidine groups is 1. The van der Waals surface area contributed by atoms with Gasteiger partial charge < -0.3 is 15.1 Å². The van der Waals surface area contributed by atoms with Gasteiger partial charge in [-0.15, -0.1) is 35.3 Å². The molecule has 160 valence electrons. The highest BCUT2D eigenvalue weighted by Gasteiger charge is 2.33. The van der Waals surface area contributed by atoms with Gasteiger partial charge in [-0.1, -0.05) is 6.07 Å². The predicted molar refractivity (Wildman–Crippen MR) is 120 cm³/mol. The van der Waals surface area contributed by atoms with Crippen molar-refractivity contribution in [2.24, 2.45) is 4.99 Å². The molecule has 0 spiro atoms. The smallest absolute Gasteiger partial charge is 0.357 e. The number of hydrogen-bond donors (Lipinski definition) is 1. The van der Waals surface area contributed by atoms with Crippen molar-refractivity contribution < 1.29 is 13.2 Å². The van der Waals surface area contributed by atoms with E-state index in [0.29, 0.717) is 18.0 Å². The number of nitrogens with one attached hydrogen (secondary N) is 1. The number of alkyl halides is 3. The highest BCUT2D eigenvalue weighted by Crippen LogP contribution is 2.30. The molecule has 11 heteroatoms. The molecule has 0 aliphatic carbocycles. The molecule has 1 saturated heterocycles. The molecule has 29 heavy (non-hydrogen) atoms. The molecule has 0 saturated carbocycles. The summed E-state index contributed by atoms with van der Waals surface area (Å²) < 4.78 is 37.9. The first kappa shape index (κ1) is 23.6. The second-order valence-electron chi connectivity index (χ2n) is 6.27. The van der Waals surface area contributed by atoms with Crippen molar-refractivity contribution in [1.82, 2.24) is 20.2 Å². The summed E-state index contributed by atoms with van der Waals surface area (Å²) in [5.74, 6) is 1.75. The van der Waals surface area contributed by atoms with Crippen LogP contribution in [0.15, 0.2) is 34.8 Å². The molecular weight excluding hydrogens is 516 g/mol. The lowest BCUT2D eigenvalue weighted by Gasteiger charge is -2.37. The molecule has 0 unspecified atom stereocenters. The van der Waals surface area contributed by atoms with Crippen LogP contribution in [0.1, 0.15) is 17.6 Å². The summed E-state index contributed by atoms with van der Waals surface area (Å²) in [6, 6.07) is 5.87. The number of hydrogen-bond acceptors (Lipinski definition) is 5. The third-order valence-corrected chi connectivity index (χ3v) is 5.23. The molecule has 3 heterocycles. The summed E-state index contributed by atoms with van der Waals surface area (Å²) in [6.45, 7) is 6.40. The summed E-state index contributed by atoms with van der Waals surface area (Å²) >= 11 is 1.03. The molecule has 0 amide bonds. The van der Waals surface area contributed by atoms with Gasteiger partial charge in [-0.25, -0.2) is 9.97 Å². The number of rotatable bonds is 5. The Hall–Kier alpha value is -1.63. The maximum Gasteiger partial charge on any atom is 0.434 e. The Balaban J connectivity index is 0.00000300. The monoisotopic (exact) mass is 540 g/mol. The Morgan fingerprint density at radius 3 is 2.59 bits per heavy atom. The van der Waals surface area contributed by atoms with Crippen molar-refractivity contribution in [3.05, 3.63) is 40.5 Å². The van der Waals surface area contributed by atoms with Crippen LogP contribution in [0.5, 0.6) is 0 Å². The van der Waals surface area contributed by atoms with Gasteiger partial charge in [-0.05, 0) is 19.1 Å². The molecule has 0 bridgehead atoms. The van der Waals surface area contributed by atoms with Crippen LogP contribution in [0.2, 0.25) is 0 Å². The quantitative estimate of drug-likeness (QED) is 0.358. The highest BCUT2D eigenvalue weighted by molar-refractivity contribution is 14.0. The van der Waals surface area contributed by atoms with Gasteiger partial charge in [-0.2, -0.15) is 13.2 Å². The lowest BCUT2D eigenvalue weighted by Crippen LogP contribution is -2.52. The van der Waals surface area contributed by atoms with E-state index in [1.807, 2.05) is 25.1 Å². The summed E-state index contributed by atoms with van der Waals surface area (Å²) in [5, 5.41) is 4.77. The van der Waals surface area contributed by atoms with Crippen LogP contribution in [0, 0.1) is 0 Å². The van der Waals surface area contributed by atoms with Crippen LogP contribution < -0.4 is 10.2 Å². The fourth-order valence-corrected chi connectivity index (χ4v) is 3.72. The van der Waals surface area contributed by atoms with E-state index >= 15 is 0 Å². The largest absolute Gasteiger partial charge is 0.434 e. The van der Waals surface area contributed by atoms with Gasteiger partial charge in [0.15, 0.2) is 11.7 Å². The Bertz CT molecular complexity index is 775. The van der Waals surface area contributed by atoms with Gasteiger partial charge in [0.25, 0.3) is 0 Å². The topological polar surface area (TPSA) is 56.7 Å². The fourth-order valence-electron chi connectivity index (χ4n) is 2.93. The zero-order chi connectivity index (χ0) is 20.0. The Kier molecular flexibility index (Phi) is 8.93. The zero-order valence-corrected chi connectivity index (χ0v) is 19.2. The van der Waals surface area contributed by atoms with E-state index < -0.39 is 11.9 Å². The number of aromatic nitrogens is 2. The number of aliphatic imine (C=N–C) groups is 1. The summed E-state index contributed by atoms with van der Waals surface area (Å²) in [5.41, 5.74) is -0.825. The lowest BCUT2D eigenvalue weighted by atomic mass is 10.3. The van der Waals surface area contributed by atoms with E-state index in [1.165, 1.54) is 0 Å². The summed E-state index contributed by atoms with van der Waals surface area (Å²) in [6.07, 6.45) is -2.21. The first-order valence-corrected chi connectivity index (χ1v) is 10.1. The van der Waals surface area contributed by atoms with Crippen molar-refractivity contribution in [3.8, 4) is 0 Å². The van der Waals surface area contributed by atoms with Crippen molar-refractivity contribution in [1.29, 1.82) is 0 Å². The maximum atomic E-state index is 12.6. The molecule has 3 rings (SSSR count). The zero-order valence-electron chi connectivity index (χ0n) is 16.0. The normalized spacial score (nSPS) is 15.2. The van der Waals surface area contributed by atoms with Crippen LogP contribution >= 0.6 is 35.3 Å². The van der Waals surface area contributed by atoms with E-state index in [4.69, 9.17) is 0 Å². The maximum absolute atomic E-state index is 12.6. The second kappa shape index (κ2) is 11.0. The van der Waals surface area contributed by atoms with Gasteiger partial charge in [0.05, 0.1) is 5.01 Å². The lowest BCUT2D eigenvalue weighted by molar-refractivity contribution is -0.140. The van der Waals surface area contributed by atoms with Gasteiger partial charge in [0.1, 0.15) is 5.82 Å². The minimum absolute atomic E-state index is 0. The van der Waals surface area contributed by atoms with Crippen LogP contribution in [0.25, 0.3) is 0 Å². The number of anilines is 1. The molecule has 0 atom stereocenters. The van der Waals surface area contributed by atoms with Crippen molar-refractivity contribution in [2.45, 2.75) is 19.5 Å². The van der Waals surface area contributed by atoms with Crippen molar-refractivity contribution in [3.63, 3.8) is 0 Å². The molecular formula is C18H24F3IN6S. The van der Waals surface area contributed by atoms with E-state index in [1.54, 1.807) is 6.20 Å². The minimum atomic E-state index is -4.39. The molecule has 2 aromatic heterocycles. The van der Waals surface area contributed by atoms with Gasteiger partial charge in [-0.3, -0.25) is 4.99 Å². The summed E-state index contributed by atoms with van der Waals surface area (Å²) in [4.78, 5) is 17.0. The molecule has 0 radical (unpaired) electrons. The van der Waals surface area contributed by atoms with Crippen molar-refractivity contribution >= 4 is 47.1 Å². The minimum Gasteiger partial charge on any atom is -0.357 e. The number of pyridine rings is 1. The predicted octanol–water partition coefficient (Wildman–Crippen LogP) is 3.51. The molecule has 1 aliphatic rings. The Morgan fingerprint density at radius 2 is 2.00 bits per heavy atom. The van der Waals surface area contributed by atoms with Crippen molar-refractivity contribution in [2.75, 3.05) is 44.2 Å². The summed E-state index contributed by atoms with van der Waals surface area (Å²) in [7, 11) is 0. The van der Waals surface area contributed by atoms with E-state index in [2.05, 4.69) is 30.1 Å². The third-order valence-electron chi connectivity index (χ3n) is 4.32. The Labute approximate surface area is 189 Å². The first-order valence-electron chi connectivity index (χ1n) is 9.18. The number of nitrogens with zero attached hydrogens (tertiary/aromatic N) is 5. The number of halogens is 4. The SMILES string of the molecule is CCNC(=NCCc1nc(C(F)(F)F)cs1)N1CCN(c2ccccn2)CC1.I. The molecule has 0 aromatic carbocycles.